The molecule has 0 aromatic rings. The van der Waals surface area contributed by atoms with Gasteiger partial charge in [-0.3, -0.25) is 4.79 Å². The maximum absolute atomic E-state index is 11.9. The number of carbonyl (C=O) groups is 1. The van der Waals surface area contributed by atoms with Crippen LogP contribution in [0.5, 0.6) is 0 Å². The quantitative estimate of drug-likeness (QED) is 0.624. The van der Waals surface area contributed by atoms with Crippen LogP contribution in [0.4, 0.5) is 0 Å². The molecule has 4 nitrogen and oxygen atoms in total. The molecule has 4 heteroatoms. The zero-order chi connectivity index (χ0) is 11.1. The minimum Gasteiger partial charge on any atom is -0.386 e. The van der Waals surface area contributed by atoms with E-state index in [2.05, 4.69) is 0 Å². The van der Waals surface area contributed by atoms with Gasteiger partial charge in [0, 0.05) is 6.04 Å². The van der Waals surface area contributed by atoms with Gasteiger partial charge in [-0.05, 0) is 12.8 Å². The molecule has 0 radical (unpaired) electrons. The standard InChI is InChI=1S/C11H18N2O2/c1-2-11(15)6-13(7-11)10(14)8-3-4-9(12)5-8/h3-4,8-9,15H,2,5-7,12H2,1H3. The number of aliphatic hydroxyl groups is 1. The fourth-order valence-corrected chi connectivity index (χ4v) is 2.19. The summed E-state index contributed by atoms with van der Waals surface area (Å²) in [5.41, 5.74) is 5.06. The molecule has 1 heterocycles. The van der Waals surface area contributed by atoms with E-state index in [1.807, 2.05) is 19.1 Å². The van der Waals surface area contributed by atoms with E-state index in [1.165, 1.54) is 0 Å². The van der Waals surface area contributed by atoms with Gasteiger partial charge in [-0.2, -0.15) is 0 Å². The topological polar surface area (TPSA) is 66.6 Å². The third kappa shape index (κ3) is 1.92. The lowest BCUT2D eigenvalue weighted by molar-refractivity contribution is -0.158. The van der Waals surface area contributed by atoms with Crippen molar-refractivity contribution in [1.82, 2.24) is 4.90 Å². The molecule has 1 amide bonds. The van der Waals surface area contributed by atoms with E-state index in [-0.39, 0.29) is 17.9 Å². The van der Waals surface area contributed by atoms with E-state index in [9.17, 15) is 9.90 Å². The fourth-order valence-electron chi connectivity index (χ4n) is 2.19. The highest BCUT2D eigenvalue weighted by atomic mass is 16.3. The molecule has 2 aliphatic rings. The second kappa shape index (κ2) is 3.61. The van der Waals surface area contributed by atoms with Crippen molar-refractivity contribution < 1.29 is 9.90 Å². The molecule has 1 aliphatic heterocycles. The third-order valence-corrected chi connectivity index (χ3v) is 3.37. The van der Waals surface area contributed by atoms with Crippen molar-refractivity contribution in [3.63, 3.8) is 0 Å². The van der Waals surface area contributed by atoms with Crippen LogP contribution in [0.3, 0.4) is 0 Å². The first-order valence-corrected chi connectivity index (χ1v) is 5.49. The van der Waals surface area contributed by atoms with E-state index >= 15 is 0 Å². The van der Waals surface area contributed by atoms with Crippen molar-refractivity contribution in [3.8, 4) is 0 Å². The lowest BCUT2D eigenvalue weighted by atomic mass is 9.89. The fraction of sp³-hybridized carbons (Fsp3) is 0.727. The molecular formula is C11H18N2O2. The van der Waals surface area contributed by atoms with Crippen molar-refractivity contribution in [1.29, 1.82) is 0 Å². The van der Waals surface area contributed by atoms with Gasteiger partial charge in [-0.25, -0.2) is 0 Å². The van der Waals surface area contributed by atoms with E-state index in [4.69, 9.17) is 5.73 Å². The van der Waals surface area contributed by atoms with Crippen LogP contribution in [0, 0.1) is 5.92 Å². The predicted molar refractivity (Wildman–Crippen MR) is 57.0 cm³/mol. The molecule has 0 aromatic heterocycles. The predicted octanol–water partition coefficient (Wildman–Crippen LogP) is -0.127. The van der Waals surface area contributed by atoms with Gasteiger partial charge in [-0.1, -0.05) is 19.1 Å². The average molecular weight is 210 g/mol. The molecule has 1 fully saturated rings. The Labute approximate surface area is 89.7 Å². The number of hydrogen-bond acceptors (Lipinski definition) is 3. The number of likely N-dealkylation sites (tertiary alicyclic amines) is 1. The number of hydrogen-bond donors (Lipinski definition) is 2. The first kappa shape index (κ1) is 10.6. The molecule has 2 rings (SSSR count). The Bertz CT molecular complexity index is 295. The highest BCUT2D eigenvalue weighted by molar-refractivity contribution is 5.82. The Balaban J connectivity index is 1.87. The van der Waals surface area contributed by atoms with Crippen LogP contribution in [0.2, 0.25) is 0 Å². The summed E-state index contributed by atoms with van der Waals surface area (Å²) in [6.45, 7) is 2.89. The van der Waals surface area contributed by atoms with Gasteiger partial charge in [0.2, 0.25) is 5.91 Å². The van der Waals surface area contributed by atoms with Crippen LogP contribution in [0.15, 0.2) is 12.2 Å². The SMILES string of the molecule is CCC1(O)CN(C(=O)C2C=CC(N)C2)C1. The van der Waals surface area contributed by atoms with Gasteiger partial charge >= 0.3 is 0 Å². The highest BCUT2D eigenvalue weighted by Gasteiger charge is 2.43. The van der Waals surface area contributed by atoms with Crippen LogP contribution >= 0.6 is 0 Å². The molecule has 2 unspecified atom stereocenters. The molecule has 1 saturated heterocycles. The minimum absolute atomic E-state index is 0.0188. The molecule has 3 N–H and O–H groups in total. The summed E-state index contributed by atoms with van der Waals surface area (Å²) in [6, 6.07) is 0.0188. The maximum Gasteiger partial charge on any atom is 0.229 e. The van der Waals surface area contributed by atoms with Crippen LogP contribution < -0.4 is 5.73 Å². The van der Waals surface area contributed by atoms with Crippen LogP contribution in [0.1, 0.15) is 19.8 Å². The summed E-state index contributed by atoms with van der Waals surface area (Å²) in [5, 5.41) is 9.80. The highest BCUT2D eigenvalue weighted by Crippen LogP contribution is 2.28. The van der Waals surface area contributed by atoms with Crippen molar-refractivity contribution in [2.45, 2.75) is 31.4 Å². The number of carbonyl (C=O) groups excluding carboxylic acids is 1. The third-order valence-electron chi connectivity index (χ3n) is 3.37. The van der Waals surface area contributed by atoms with Crippen molar-refractivity contribution >= 4 is 5.91 Å². The first-order valence-electron chi connectivity index (χ1n) is 5.49. The Kier molecular flexibility index (Phi) is 2.56. The van der Waals surface area contributed by atoms with Gasteiger partial charge in [0.25, 0.3) is 0 Å². The van der Waals surface area contributed by atoms with E-state index in [0.717, 1.165) is 0 Å². The van der Waals surface area contributed by atoms with Gasteiger partial charge in [-0.15, -0.1) is 0 Å². The largest absolute Gasteiger partial charge is 0.386 e. The second-order valence-electron chi connectivity index (χ2n) is 4.66. The number of nitrogens with two attached hydrogens (primary N) is 1. The Morgan fingerprint density at radius 2 is 2.27 bits per heavy atom. The van der Waals surface area contributed by atoms with Crippen molar-refractivity contribution in [2.24, 2.45) is 11.7 Å². The summed E-state index contributed by atoms with van der Waals surface area (Å²) >= 11 is 0. The monoisotopic (exact) mass is 210 g/mol. The smallest absolute Gasteiger partial charge is 0.229 e. The molecule has 84 valence electrons. The Morgan fingerprint density at radius 3 is 2.73 bits per heavy atom. The van der Waals surface area contributed by atoms with E-state index in [0.29, 0.717) is 25.9 Å². The molecule has 2 atom stereocenters. The van der Waals surface area contributed by atoms with Crippen molar-refractivity contribution in [2.75, 3.05) is 13.1 Å². The summed E-state index contributed by atoms with van der Waals surface area (Å²) in [5.74, 6) is 0.0405. The maximum atomic E-state index is 11.9. The van der Waals surface area contributed by atoms with Gasteiger partial charge in [0.05, 0.1) is 24.6 Å². The summed E-state index contributed by atoms with van der Waals surface area (Å²) in [4.78, 5) is 13.6. The normalized spacial score (nSPS) is 32.9. The molecule has 0 aromatic carbocycles. The first-order chi connectivity index (χ1) is 7.04. The summed E-state index contributed by atoms with van der Waals surface area (Å²) in [7, 11) is 0. The van der Waals surface area contributed by atoms with Crippen LogP contribution in [0.25, 0.3) is 0 Å². The Hall–Kier alpha value is -0.870. The van der Waals surface area contributed by atoms with Gasteiger partial charge in [0.15, 0.2) is 0 Å². The zero-order valence-corrected chi connectivity index (χ0v) is 9.02. The van der Waals surface area contributed by atoms with Gasteiger partial charge < -0.3 is 15.7 Å². The van der Waals surface area contributed by atoms with Crippen LogP contribution in [-0.2, 0) is 4.79 Å². The molecule has 0 bridgehead atoms. The van der Waals surface area contributed by atoms with E-state index in [1.54, 1.807) is 4.90 Å². The number of rotatable bonds is 2. The minimum atomic E-state index is -0.639. The van der Waals surface area contributed by atoms with Crippen molar-refractivity contribution in [3.05, 3.63) is 12.2 Å². The number of nitrogens with zero attached hydrogens (tertiary/aromatic N) is 1. The molecule has 1 aliphatic carbocycles. The van der Waals surface area contributed by atoms with Crippen LogP contribution in [-0.4, -0.2) is 40.6 Å². The molecule has 0 spiro atoms. The lowest BCUT2D eigenvalue weighted by Crippen LogP contribution is -2.64. The second-order valence-corrected chi connectivity index (χ2v) is 4.66. The average Bonchev–Trinajstić information content (AvgIpc) is 2.59. The number of amides is 1. The van der Waals surface area contributed by atoms with E-state index < -0.39 is 5.60 Å². The summed E-state index contributed by atoms with van der Waals surface area (Å²) in [6.07, 6.45) is 5.18. The number of β-amino-alcohol motifs (C(OH)–C–C–N with tert-alkyl or cyclic N) is 1. The molecule has 0 saturated carbocycles. The Morgan fingerprint density at radius 1 is 1.60 bits per heavy atom. The lowest BCUT2D eigenvalue weighted by Gasteiger charge is -2.46. The molecule has 15 heavy (non-hydrogen) atoms. The molecular weight excluding hydrogens is 192 g/mol. The summed E-state index contributed by atoms with van der Waals surface area (Å²) < 4.78 is 0. The van der Waals surface area contributed by atoms with Gasteiger partial charge in [0.1, 0.15) is 0 Å². The zero-order valence-electron chi connectivity index (χ0n) is 9.02.